The van der Waals surface area contributed by atoms with Crippen LogP contribution in [0.15, 0.2) is 70.1 Å². The maximum absolute atomic E-state index is 14.3. The van der Waals surface area contributed by atoms with Crippen LogP contribution < -0.4 is 0 Å². The normalized spacial score (nSPS) is 24.3. The van der Waals surface area contributed by atoms with Crippen molar-refractivity contribution in [2.24, 2.45) is 33.8 Å². The first kappa shape index (κ1) is 29.4. The second-order valence-corrected chi connectivity index (χ2v) is 14.1. The molecule has 0 radical (unpaired) electrons. The van der Waals surface area contributed by atoms with Crippen LogP contribution in [0.5, 0.6) is 0 Å². The third kappa shape index (κ3) is 5.92. The van der Waals surface area contributed by atoms with Crippen LogP contribution >= 0.6 is 21.8 Å². The minimum absolute atomic E-state index is 0.0975. The number of nitrogens with zero attached hydrogens (tertiary/aromatic N) is 6. The standard InChI is InChI=1S/C30H35F2N6O2S2/c1-20(22-9-10-22)29(39,24-5-3-7-26(31)13-24)15-37-28(34-18-35-37)41-42-38(19-33-17-36-38)16-30(40,21(2)23-11-12-23)25-6-4-8-27(32)14-25/h3-8,13-14,17-23,39-40H,9-12,15-16H2,1-2H3/q+1. The van der Waals surface area contributed by atoms with Crippen molar-refractivity contribution in [3.05, 3.63) is 77.6 Å². The summed E-state index contributed by atoms with van der Waals surface area (Å²) in [6.07, 6.45) is 8.63. The summed E-state index contributed by atoms with van der Waals surface area (Å²) < 4.78 is 30.1. The molecule has 6 rings (SSSR count). The first-order valence-electron chi connectivity index (χ1n) is 14.3. The Morgan fingerprint density at radius 3 is 2.10 bits per heavy atom. The van der Waals surface area contributed by atoms with Crippen molar-refractivity contribution < 1.29 is 23.0 Å². The van der Waals surface area contributed by atoms with Crippen molar-refractivity contribution in [1.82, 2.24) is 14.8 Å². The molecule has 222 valence electrons. The molecule has 0 bridgehead atoms. The number of aliphatic hydroxyl groups is 2. The Bertz CT molecular complexity index is 1480. The lowest BCUT2D eigenvalue weighted by Gasteiger charge is -2.37. The zero-order valence-corrected chi connectivity index (χ0v) is 25.2. The van der Waals surface area contributed by atoms with E-state index >= 15 is 0 Å². The number of hydrogen-bond donors (Lipinski definition) is 2. The molecule has 0 amide bonds. The second kappa shape index (κ2) is 11.5. The summed E-state index contributed by atoms with van der Waals surface area (Å²) in [5, 5.41) is 33.8. The molecule has 3 aliphatic rings. The molecule has 0 saturated heterocycles. The summed E-state index contributed by atoms with van der Waals surface area (Å²) in [5.74, 6) is -0.352. The lowest BCUT2D eigenvalue weighted by molar-refractivity contribution is -0.706. The number of quaternary nitrogens is 1. The lowest BCUT2D eigenvalue weighted by atomic mass is 9.79. The quantitative estimate of drug-likeness (QED) is 0.142. The van der Waals surface area contributed by atoms with E-state index in [9.17, 15) is 19.0 Å². The third-order valence-corrected chi connectivity index (χ3v) is 11.6. The van der Waals surface area contributed by atoms with Gasteiger partial charge in [-0.15, -0.1) is 0 Å². The Morgan fingerprint density at radius 1 is 0.952 bits per heavy atom. The summed E-state index contributed by atoms with van der Waals surface area (Å²) >= 11 is 0. The number of aromatic nitrogens is 3. The van der Waals surface area contributed by atoms with Gasteiger partial charge in [0.2, 0.25) is 11.5 Å². The molecule has 2 aliphatic carbocycles. The van der Waals surface area contributed by atoms with E-state index in [4.69, 9.17) is 0 Å². The van der Waals surface area contributed by atoms with Crippen LogP contribution in [0.2, 0.25) is 0 Å². The molecular weight excluding hydrogens is 579 g/mol. The summed E-state index contributed by atoms with van der Waals surface area (Å²) in [6.45, 7) is 4.25. The Hall–Kier alpha value is -2.64. The molecule has 2 fully saturated rings. The first-order chi connectivity index (χ1) is 20.1. The molecule has 2 aromatic carbocycles. The minimum atomic E-state index is -1.37. The number of rotatable bonds is 13. The first-order valence-corrected chi connectivity index (χ1v) is 16.4. The van der Waals surface area contributed by atoms with Gasteiger partial charge < -0.3 is 10.2 Å². The zero-order valence-electron chi connectivity index (χ0n) is 23.6. The fourth-order valence-electron chi connectivity index (χ4n) is 6.01. The van der Waals surface area contributed by atoms with Crippen molar-refractivity contribution in [3.8, 4) is 0 Å². The van der Waals surface area contributed by atoms with E-state index in [-0.39, 0.29) is 28.9 Å². The van der Waals surface area contributed by atoms with Crippen molar-refractivity contribution in [3.63, 3.8) is 0 Å². The van der Waals surface area contributed by atoms with Gasteiger partial charge in [0.25, 0.3) is 0 Å². The third-order valence-electron chi connectivity index (χ3n) is 9.05. The topological polar surface area (TPSA) is 95.9 Å². The fraction of sp³-hybridized carbons (Fsp3) is 0.467. The molecule has 0 spiro atoms. The highest BCUT2D eigenvalue weighted by Gasteiger charge is 2.52. The Balaban J connectivity index is 1.26. The molecule has 5 atom stereocenters. The van der Waals surface area contributed by atoms with Crippen LogP contribution in [0.3, 0.4) is 0 Å². The van der Waals surface area contributed by atoms with Crippen molar-refractivity contribution in [2.75, 3.05) is 6.54 Å². The van der Waals surface area contributed by atoms with Gasteiger partial charge in [0.05, 0.1) is 6.54 Å². The fourth-order valence-corrected chi connectivity index (χ4v) is 8.28. The molecule has 1 aliphatic heterocycles. The van der Waals surface area contributed by atoms with Crippen molar-refractivity contribution in [2.45, 2.75) is 62.4 Å². The molecule has 12 heteroatoms. The van der Waals surface area contributed by atoms with Crippen LogP contribution in [0.25, 0.3) is 0 Å². The largest absolute Gasteiger partial charge is 0.383 e. The van der Waals surface area contributed by atoms with Gasteiger partial charge in [-0.1, -0.05) is 47.2 Å². The highest BCUT2D eigenvalue weighted by Crippen LogP contribution is 2.50. The van der Waals surface area contributed by atoms with Crippen LogP contribution in [0.1, 0.15) is 50.7 Å². The van der Waals surface area contributed by atoms with Crippen molar-refractivity contribution in [1.29, 1.82) is 0 Å². The van der Waals surface area contributed by atoms with Crippen LogP contribution in [0, 0.1) is 35.3 Å². The lowest BCUT2D eigenvalue weighted by Crippen LogP contribution is -2.49. The monoisotopic (exact) mass is 613 g/mol. The van der Waals surface area contributed by atoms with Crippen LogP contribution in [-0.2, 0) is 17.7 Å². The molecular formula is C30H35F2N6O2S2+. The predicted molar refractivity (Wildman–Crippen MR) is 160 cm³/mol. The SMILES string of the molecule is CC(C1CC1)C(O)(Cn1ncnc1SS[N+]1(CC(O)(c2cccc(F)c2)C(C)C2CC2)C=NC=N1)c1cccc(F)c1. The Labute approximate surface area is 252 Å². The van der Waals surface area contributed by atoms with Gasteiger partial charge in [-0.2, -0.15) is 10.1 Å². The molecule has 3 aromatic rings. The van der Waals surface area contributed by atoms with Crippen molar-refractivity contribution >= 4 is 34.5 Å². The van der Waals surface area contributed by atoms with E-state index in [2.05, 4.69) is 20.2 Å². The Kier molecular flexibility index (Phi) is 8.03. The number of halogens is 2. The van der Waals surface area contributed by atoms with Gasteiger partial charge in [0, 0.05) is 10.8 Å². The van der Waals surface area contributed by atoms with E-state index in [1.54, 1.807) is 35.3 Å². The summed E-state index contributed by atoms with van der Waals surface area (Å²) in [6, 6.07) is 12.3. The maximum atomic E-state index is 14.3. The number of benzene rings is 2. The zero-order chi connectivity index (χ0) is 29.5. The maximum Gasteiger partial charge on any atom is 0.231 e. The molecule has 2 heterocycles. The van der Waals surface area contributed by atoms with Gasteiger partial charge in [-0.05, 0) is 84.7 Å². The molecule has 1 aromatic heterocycles. The van der Waals surface area contributed by atoms with Gasteiger partial charge in [-0.25, -0.2) is 18.4 Å². The number of aliphatic imine (C=N–C) groups is 1. The summed E-state index contributed by atoms with van der Waals surface area (Å²) in [5.41, 5.74) is -1.70. The predicted octanol–water partition coefficient (Wildman–Crippen LogP) is 5.88. The smallest absolute Gasteiger partial charge is 0.231 e. The molecule has 2 N–H and O–H groups in total. The highest BCUT2D eigenvalue weighted by molar-refractivity contribution is 8.74. The molecule has 8 nitrogen and oxygen atoms in total. The minimum Gasteiger partial charge on any atom is -0.383 e. The number of hydrogen-bond acceptors (Lipinski definition) is 8. The van der Waals surface area contributed by atoms with Gasteiger partial charge in [-0.3, -0.25) is 0 Å². The van der Waals surface area contributed by atoms with E-state index in [1.165, 1.54) is 58.7 Å². The molecule has 2 saturated carbocycles. The average molecular weight is 614 g/mol. The van der Waals surface area contributed by atoms with E-state index in [0.717, 1.165) is 25.7 Å². The Morgan fingerprint density at radius 2 is 1.55 bits per heavy atom. The highest BCUT2D eigenvalue weighted by atomic mass is 33.1. The van der Waals surface area contributed by atoms with Crippen LogP contribution in [-0.4, -0.2) is 48.2 Å². The van der Waals surface area contributed by atoms with Crippen LogP contribution in [0.4, 0.5) is 8.78 Å². The second-order valence-electron chi connectivity index (χ2n) is 11.9. The van der Waals surface area contributed by atoms with E-state index in [0.29, 0.717) is 28.1 Å². The van der Waals surface area contributed by atoms with Gasteiger partial charge in [0.15, 0.2) is 23.9 Å². The van der Waals surface area contributed by atoms with E-state index in [1.807, 2.05) is 13.8 Å². The summed E-state index contributed by atoms with van der Waals surface area (Å²) in [4.78, 5) is 8.70. The van der Waals surface area contributed by atoms with Gasteiger partial charge >= 0.3 is 0 Å². The van der Waals surface area contributed by atoms with E-state index < -0.39 is 22.8 Å². The average Bonchev–Trinajstić information content (AvgIpc) is 3.91. The summed E-state index contributed by atoms with van der Waals surface area (Å²) in [7, 11) is 2.62. The molecule has 5 unspecified atom stereocenters. The van der Waals surface area contributed by atoms with Gasteiger partial charge in [0.1, 0.15) is 29.2 Å². The molecule has 42 heavy (non-hydrogen) atoms.